The lowest BCUT2D eigenvalue weighted by Crippen LogP contribution is -2.05. The molecule has 0 radical (unpaired) electrons. The molecule has 25 heavy (non-hydrogen) atoms. The number of aliphatic imine (C=N–C) groups is 1. The number of nitrogens with two attached hydrogens (primary N) is 1. The average molecular weight is 377 g/mol. The van der Waals surface area contributed by atoms with E-state index in [1.165, 1.54) is 0 Å². The molecule has 0 bridgehead atoms. The van der Waals surface area contributed by atoms with Crippen molar-refractivity contribution in [3.8, 4) is 11.3 Å². The maximum atomic E-state index is 11.9. The molecule has 0 atom stereocenters. The molecule has 128 valence electrons. The third-order valence-electron chi connectivity index (χ3n) is 3.28. The number of amidine groups is 1. The first-order valence-electron chi connectivity index (χ1n) is 7.33. The lowest BCUT2D eigenvalue weighted by molar-refractivity contribution is -0.113. The van der Waals surface area contributed by atoms with E-state index in [1.807, 2.05) is 0 Å². The summed E-state index contributed by atoms with van der Waals surface area (Å²) in [5, 5.41) is 0.511. The molecule has 0 spiro atoms. The largest absolute Gasteiger partial charge is 0.462 e. The van der Waals surface area contributed by atoms with Gasteiger partial charge in [0.15, 0.2) is 5.17 Å². The van der Waals surface area contributed by atoms with Crippen LogP contribution in [0.4, 0.5) is 0 Å². The number of furan rings is 1. The number of ether oxygens (including phenoxy) is 1. The Labute approximate surface area is 152 Å². The highest BCUT2D eigenvalue weighted by Crippen LogP contribution is 2.30. The van der Waals surface area contributed by atoms with Gasteiger partial charge >= 0.3 is 5.97 Å². The van der Waals surface area contributed by atoms with Crippen molar-refractivity contribution in [2.45, 2.75) is 6.92 Å². The fourth-order valence-corrected chi connectivity index (χ4v) is 3.04. The zero-order chi connectivity index (χ0) is 18.0. The van der Waals surface area contributed by atoms with Crippen molar-refractivity contribution in [3.63, 3.8) is 0 Å². The van der Waals surface area contributed by atoms with E-state index in [-0.39, 0.29) is 17.3 Å². The first-order chi connectivity index (χ1) is 12.0. The van der Waals surface area contributed by atoms with Gasteiger partial charge in [0.05, 0.1) is 22.1 Å². The number of hydrogen-bond acceptors (Lipinski definition) is 6. The summed E-state index contributed by atoms with van der Waals surface area (Å²) in [6.07, 6.45) is 1.57. The van der Waals surface area contributed by atoms with Crippen molar-refractivity contribution in [1.82, 2.24) is 0 Å². The Balaban J connectivity index is 1.88. The highest BCUT2D eigenvalue weighted by atomic mass is 35.5. The first-order valence-corrected chi connectivity index (χ1v) is 8.52. The minimum Gasteiger partial charge on any atom is -0.462 e. The highest BCUT2D eigenvalue weighted by Gasteiger charge is 2.20. The summed E-state index contributed by atoms with van der Waals surface area (Å²) < 4.78 is 10.7. The lowest BCUT2D eigenvalue weighted by Gasteiger charge is -2.05. The number of carbonyl (C=O) groups excluding carboxylic acids is 2. The van der Waals surface area contributed by atoms with E-state index in [9.17, 15) is 9.59 Å². The van der Waals surface area contributed by atoms with Crippen LogP contribution in [0.5, 0.6) is 0 Å². The molecule has 8 heteroatoms. The molecule has 2 N–H and O–H groups in total. The molecule has 0 saturated heterocycles. The maximum Gasteiger partial charge on any atom is 0.339 e. The van der Waals surface area contributed by atoms with Gasteiger partial charge in [0.2, 0.25) is 0 Å². The van der Waals surface area contributed by atoms with Crippen LogP contribution in [0.1, 0.15) is 23.0 Å². The van der Waals surface area contributed by atoms with Gasteiger partial charge in [-0.05, 0) is 49.0 Å². The highest BCUT2D eigenvalue weighted by molar-refractivity contribution is 8.18. The second-order valence-electron chi connectivity index (χ2n) is 4.98. The maximum absolute atomic E-state index is 11.9. The molecule has 0 saturated carbocycles. The fourth-order valence-electron chi connectivity index (χ4n) is 2.18. The Morgan fingerprint density at radius 1 is 1.40 bits per heavy atom. The van der Waals surface area contributed by atoms with Crippen LogP contribution in [0.15, 0.2) is 44.6 Å². The summed E-state index contributed by atoms with van der Waals surface area (Å²) >= 11 is 7.14. The number of nitrogens with zero attached hydrogens (tertiary/aromatic N) is 1. The zero-order valence-electron chi connectivity index (χ0n) is 13.1. The molecule has 1 aliphatic heterocycles. The smallest absolute Gasteiger partial charge is 0.339 e. The van der Waals surface area contributed by atoms with Crippen LogP contribution in [-0.4, -0.2) is 23.7 Å². The predicted molar refractivity (Wildman–Crippen MR) is 97.3 cm³/mol. The van der Waals surface area contributed by atoms with Crippen molar-refractivity contribution < 1.29 is 18.7 Å². The molecule has 1 aliphatic rings. The summed E-state index contributed by atoms with van der Waals surface area (Å²) in [6, 6.07) is 8.39. The molecule has 0 aliphatic carbocycles. The van der Waals surface area contributed by atoms with Gasteiger partial charge in [-0.2, -0.15) is 4.99 Å². The molecule has 1 aromatic carbocycles. The van der Waals surface area contributed by atoms with Gasteiger partial charge in [-0.25, -0.2) is 4.79 Å². The number of rotatable bonds is 4. The third kappa shape index (κ3) is 3.78. The Kier molecular flexibility index (Phi) is 4.96. The number of halogens is 1. The van der Waals surface area contributed by atoms with Crippen LogP contribution in [0.25, 0.3) is 17.4 Å². The standard InChI is InChI=1S/C17H13ClN2O4S/c1-2-23-16(22)11-7-9(3-5-12(11)18)13-6-4-10(24-13)8-14-15(21)20-17(19)25-14/h3-8H,2H2,1H3,(H2,19,20,21). The number of hydrogen-bond donors (Lipinski definition) is 1. The second kappa shape index (κ2) is 7.16. The summed E-state index contributed by atoms with van der Waals surface area (Å²) in [4.78, 5) is 27.6. The van der Waals surface area contributed by atoms with E-state index in [4.69, 9.17) is 26.5 Å². The van der Waals surface area contributed by atoms with Gasteiger partial charge in [-0.15, -0.1) is 0 Å². The van der Waals surface area contributed by atoms with Gasteiger partial charge in [-0.1, -0.05) is 11.6 Å². The SMILES string of the molecule is CCOC(=O)c1cc(-c2ccc(C=C3SC(N)=NC3=O)o2)ccc1Cl. The Bertz CT molecular complexity index is 917. The van der Waals surface area contributed by atoms with E-state index in [2.05, 4.69) is 4.99 Å². The Hall–Kier alpha value is -2.51. The van der Waals surface area contributed by atoms with Crippen molar-refractivity contribution in [1.29, 1.82) is 0 Å². The number of benzene rings is 1. The average Bonchev–Trinajstić information content (AvgIpc) is 3.15. The van der Waals surface area contributed by atoms with Crippen molar-refractivity contribution in [3.05, 3.63) is 51.6 Å². The molecular formula is C17H13ClN2O4S. The molecule has 0 unspecified atom stereocenters. The normalized spacial score (nSPS) is 15.5. The summed E-state index contributed by atoms with van der Waals surface area (Å²) in [5.74, 6) is 0.113. The molecular weight excluding hydrogens is 364 g/mol. The quantitative estimate of drug-likeness (QED) is 0.645. The molecule has 1 aromatic heterocycles. The lowest BCUT2D eigenvalue weighted by atomic mass is 10.1. The predicted octanol–water partition coefficient (Wildman–Crippen LogP) is 3.71. The van der Waals surface area contributed by atoms with Gasteiger partial charge in [0, 0.05) is 11.6 Å². The number of esters is 1. The third-order valence-corrected chi connectivity index (χ3v) is 4.43. The number of thioether (sulfide) groups is 1. The Morgan fingerprint density at radius 3 is 2.88 bits per heavy atom. The van der Waals surface area contributed by atoms with E-state index < -0.39 is 11.9 Å². The van der Waals surface area contributed by atoms with E-state index in [0.29, 0.717) is 27.0 Å². The number of carbonyl (C=O) groups is 2. The molecule has 1 amide bonds. The molecule has 2 heterocycles. The van der Waals surface area contributed by atoms with Gasteiger partial charge in [0.25, 0.3) is 5.91 Å². The summed E-state index contributed by atoms with van der Waals surface area (Å²) in [7, 11) is 0. The van der Waals surface area contributed by atoms with Crippen LogP contribution in [0, 0.1) is 0 Å². The van der Waals surface area contributed by atoms with Crippen molar-refractivity contribution >= 4 is 46.5 Å². The van der Waals surface area contributed by atoms with Crippen LogP contribution in [-0.2, 0) is 9.53 Å². The van der Waals surface area contributed by atoms with Crippen molar-refractivity contribution in [2.24, 2.45) is 10.7 Å². The van der Waals surface area contributed by atoms with Crippen LogP contribution in [0.2, 0.25) is 5.02 Å². The summed E-state index contributed by atoms with van der Waals surface area (Å²) in [6.45, 7) is 1.98. The van der Waals surface area contributed by atoms with Gasteiger partial charge in [-0.3, -0.25) is 4.79 Å². The fraction of sp³-hybridized carbons (Fsp3) is 0.118. The van der Waals surface area contributed by atoms with Gasteiger partial charge in [0.1, 0.15) is 11.5 Å². The topological polar surface area (TPSA) is 94.9 Å². The van der Waals surface area contributed by atoms with Crippen LogP contribution < -0.4 is 5.73 Å². The molecule has 6 nitrogen and oxygen atoms in total. The zero-order valence-corrected chi connectivity index (χ0v) is 14.7. The first kappa shape index (κ1) is 17.3. The van der Waals surface area contributed by atoms with E-state index >= 15 is 0 Å². The minimum atomic E-state index is -0.496. The summed E-state index contributed by atoms with van der Waals surface area (Å²) in [5.41, 5.74) is 6.44. The van der Waals surface area contributed by atoms with Crippen LogP contribution >= 0.6 is 23.4 Å². The van der Waals surface area contributed by atoms with Crippen molar-refractivity contribution in [2.75, 3.05) is 6.61 Å². The van der Waals surface area contributed by atoms with Gasteiger partial charge < -0.3 is 14.9 Å². The van der Waals surface area contributed by atoms with Crippen LogP contribution in [0.3, 0.4) is 0 Å². The van der Waals surface area contributed by atoms with E-state index in [1.54, 1.807) is 43.3 Å². The number of amides is 1. The second-order valence-corrected chi connectivity index (χ2v) is 6.45. The van der Waals surface area contributed by atoms with E-state index in [0.717, 1.165) is 11.8 Å². The Morgan fingerprint density at radius 2 is 2.20 bits per heavy atom. The minimum absolute atomic E-state index is 0.208. The monoisotopic (exact) mass is 376 g/mol. The molecule has 3 rings (SSSR count). The molecule has 2 aromatic rings. The molecule has 0 fully saturated rings.